The molecule has 0 N–H and O–H groups in total. The van der Waals surface area contributed by atoms with Crippen molar-refractivity contribution < 1.29 is 9.53 Å². The van der Waals surface area contributed by atoms with Gasteiger partial charge in [-0.2, -0.15) is 4.99 Å². The Bertz CT molecular complexity index is 508. The molecule has 0 saturated carbocycles. The zero-order valence-electron chi connectivity index (χ0n) is 9.40. The van der Waals surface area contributed by atoms with Gasteiger partial charge in [0, 0.05) is 5.56 Å². The molecule has 1 aromatic rings. The molecule has 0 saturated heterocycles. The molecule has 1 aromatic carbocycles. The van der Waals surface area contributed by atoms with Crippen LogP contribution in [0.4, 0.5) is 5.69 Å². The van der Waals surface area contributed by atoms with Gasteiger partial charge in [0.05, 0.1) is 17.5 Å². The van der Waals surface area contributed by atoms with E-state index in [1.165, 1.54) is 0 Å². The third kappa shape index (κ3) is 5.07. The summed E-state index contributed by atoms with van der Waals surface area (Å²) in [4.78, 5) is 14.9. The lowest BCUT2D eigenvalue weighted by Gasteiger charge is -1.95. The molecule has 0 unspecified atom stereocenters. The van der Waals surface area contributed by atoms with E-state index in [1.54, 1.807) is 19.1 Å². The minimum absolute atomic E-state index is 0.0918. The SMILES string of the molecule is CCOC(=O)CC#Cc1cccc(N=C=S)c1. The summed E-state index contributed by atoms with van der Waals surface area (Å²) in [5, 5.41) is 2.29. The molecule has 3 nitrogen and oxygen atoms in total. The minimum atomic E-state index is -0.312. The van der Waals surface area contributed by atoms with E-state index in [4.69, 9.17) is 4.74 Å². The van der Waals surface area contributed by atoms with E-state index < -0.39 is 0 Å². The molecule has 0 heterocycles. The first-order valence-electron chi connectivity index (χ1n) is 5.08. The number of carbonyl (C=O) groups is 1. The van der Waals surface area contributed by atoms with Crippen molar-refractivity contribution in [3.8, 4) is 11.8 Å². The van der Waals surface area contributed by atoms with Crippen LogP contribution >= 0.6 is 12.2 Å². The van der Waals surface area contributed by atoms with Crippen molar-refractivity contribution in [3.05, 3.63) is 29.8 Å². The third-order valence-electron chi connectivity index (χ3n) is 1.79. The molecule has 0 aromatic heterocycles. The summed E-state index contributed by atoms with van der Waals surface area (Å²) in [5.74, 6) is 5.29. The van der Waals surface area contributed by atoms with Gasteiger partial charge < -0.3 is 4.74 Å². The lowest BCUT2D eigenvalue weighted by Crippen LogP contribution is -2.01. The molecule has 0 fully saturated rings. The van der Waals surface area contributed by atoms with Crippen molar-refractivity contribution in [2.75, 3.05) is 6.61 Å². The summed E-state index contributed by atoms with van der Waals surface area (Å²) >= 11 is 4.51. The van der Waals surface area contributed by atoms with E-state index in [0.717, 1.165) is 5.56 Å². The summed E-state index contributed by atoms with van der Waals surface area (Å²) in [7, 11) is 0. The monoisotopic (exact) mass is 245 g/mol. The Morgan fingerprint density at radius 2 is 2.35 bits per heavy atom. The Hall–Kier alpha value is -1.95. The number of esters is 1. The highest BCUT2D eigenvalue weighted by Gasteiger charge is 1.96. The predicted octanol–water partition coefficient (Wildman–Crippen LogP) is 2.73. The van der Waals surface area contributed by atoms with Crippen LogP contribution in [-0.4, -0.2) is 17.7 Å². The van der Waals surface area contributed by atoms with Crippen molar-refractivity contribution in [1.29, 1.82) is 0 Å². The second kappa shape index (κ2) is 7.34. The Kier molecular flexibility index (Phi) is 5.67. The van der Waals surface area contributed by atoms with Crippen LogP contribution < -0.4 is 0 Å². The average Bonchev–Trinajstić information content (AvgIpc) is 2.30. The second-order valence-electron chi connectivity index (χ2n) is 3.04. The molecule has 0 spiro atoms. The fourth-order valence-electron chi connectivity index (χ4n) is 1.14. The van der Waals surface area contributed by atoms with Crippen molar-refractivity contribution in [3.63, 3.8) is 0 Å². The molecule has 0 bridgehead atoms. The van der Waals surface area contributed by atoms with Gasteiger partial charge in [0.15, 0.2) is 0 Å². The van der Waals surface area contributed by atoms with Gasteiger partial charge in [-0.15, -0.1) is 0 Å². The van der Waals surface area contributed by atoms with Crippen LogP contribution in [0.3, 0.4) is 0 Å². The topological polar surface area (TPSA) is 38.7 Å². The molecular weight excluding hydrogens is 234 g/mol. The van der Waals surface area contributed by atoms with E-state index in [1.807, 2.05) is 12.1 Å². The smallest absolute Gasteiger partial charge is 0.317 e. The normalized spacial score (nSPS) is 8.53. The van der Waals surface area contributed by atoms with Crippen LogP contribution in [0, 0.1) is 11.8 Å². The van der Waals surface area contributed by atoms with Gasteiger partial charge >= 0.3 is 5.97 Å². The molecule has 1 rings (SSSR count). The van der Waals surface area contributed by atoms with Crippen LogP contribution in [0.2, 0.25) is 0 Å². The molecule has 0 aliphatic carbocycles. The number of rotatable bonds is 3. The number of aliphatic imine (C=N–C) groups is 1. The quantitative estimate of drug-likeness (QED) is 0.356. The van der Waals surface area contributed by atoms with E-state index in [2.05, 4.69) is 34.2 Å². The maximum absolute atomic E-state index is 11.0. The highest BCUT2D eigenvalue weighted by molar-refractivity contribution is 7.78. The number of carbonyl (C=O) groups excluding carboxylic acids is 1. The van der Waals surface area contributed by atoms with Crippen molar-refractivity contribution in [2.24, 2.45) is 4.99 Å². The highest BCUT2D eigenvalue weighted by atomic mass is 32.1. The summed E-state index contributed by atoms with van der Waals surface area (Å²) < 4.78 is 4.76. The van der Waals surface area contributed by atoms with E-state index in [9.17, 15) is 4.79 Å². The number of thiocarbonyl (C=S) groups is 1. The van der Waals surface area contributed by atoms with Crippen LogP contribution in [0.5, 0.6) is 0 Å². The number of ether oxygens (including phenoxy) is 1. The minimum Gasteiger partial charge on any atom is -0.465 e. The lowest BCUT2D eigenvalue weighted by molar-refractivity contribution is -0.141. The Labute approximate surface area is 106 Å². The Balaban J connectivity index is 2.68. The van der Waals surface area contributed by atoms with Crippen LogP contribution in [0.15, 0.2) is 29.3 Å². The molecule has 4 heteroatoms. The lowest BCUT2D eigenvalue weighted by atomic mass is 10.2. The number of benzene rings is 1. The molecule has 0 amide bonds. The maximum atomic E-state index is 11.0. The average molecular weight is 245 g/mol. The summed E-state index contributed by atoms with van der Waals surface area (Å²) in [5.41, 5.74) is 1.48. The van der Waals surface area contributed by atoms with Crippen molar-refractivity contribution in [1.82, 2.24) is 0 Å². The van der Waals surface area contributed by atoms with Crippen molar-refractivity contribution in [2.45, 2.75) is 13.3 Å². The fraction of sp³-hybridized carbons (Fsp3) is 0.231. The molecular formula is C13H11NO2S. The number of nitrogens with zero attached hydrogens (tertiary/aromatic N) is 1. The molecule has 0 radical (unpaired) electrons. The molecule has 86 valence electrons. The number of isothiocyanates is 1. The van der Waals surface area contributed by atoms with E-state index in [-0.39, 0.29) is 12.4 Å². The molecule has 0 aliphatic rings. The first kappa shape index (κ1) is 13.1. The van der Waals surface area contributed by atoms with Gasteiger partial charge in [0.2, 0.25) is 0 Å². The van der Waals surface area contributed by atoms with Crippen LogP contribution in [-0.2, 0) is 9.53 Å². The fourth-order valence-corrected chi connectivity index (χ4v) is 1.24. The van der Waals surface area contributed by atoms with Gasteiger partial charge in [0.25, 0.3) is 0 Å². The molecule has 0 aliphatic heterocycles. The van der Waals surface area contributed by atoms with Gasteiger partial charge in [-0.25, -0.2) is 0 Å². The largest absolute Gasteiger partial charge is 0.465 e. The maximum Gasteiger partial charge on any atom is 0.317 e. The van der Waals surface area contributed by atoms with Gasteiger partial charge in [-0.1, -0.05) is 17.9 Å². The van der Waals surface area contributed by atoms with Crippen LogP contribution in [0.25, 0.3) is 0 Å². The standard InChI is InChI=1S/C13H11NO2S/c1-2-16-13(15)8-4-6-11-5-3-7-12(9-11)14-10-17/h3,5,7,9H,2,8H2,1H3. The first-order chi connectivity index (χ1) is 8.26. The molecule has 17 heavy (non-hydrogen) atoms. The number of hydrogen-bond donors (Lipinski definition) is 0. The van der Waals surface area contributed by atoms with E-state index in [0.29, 0.717) is 12.3 Å². The van der Waals surface area contributed by atoms with Crippen LogP contribution in [0.1, 0.15) is 18.9 Å². The second-order valence-corrected chi connectivity index (χ2v) is 3.22. The highest BCUT2D eigenvalue weighted by Crippen LogP contribution is 2.12. The Morgan fingerprint density at radius 1 is 1.53 bits per heavy atom. The zero-order chi connectivity index (χ0) is 12.5. The Morgan fingerprint density at radius 3 is 3.06 bits per heavy atom. The number of hydrogen-bond acceptors (Lipinski definition) is 4. The third-order valence-corrected chi connectivity index (χ3v) is 1.88. The summed E-state index contributed by atoms with van der Waals surface area (Å²) in [6.45, 7) is 2.14. The summed E-state index contributed by atoms with van der Waals surface area (Å²) in [6, 6.07) is 7.23. The summed E-state index contributed by atoms with van der Waals surface area (Å²) in [6.07, 6.45) is 0.0918. The van der Waals surface area contributed by atoms with Gasteiger partial charge in [-0.3, -0.25) is 4.79 Å². The van der Waals surface area contributed by atoms with Gasteiger partial charge in [-0.05, 0) is 37.3 Å². The van der Waals surface area contributed by atoms with E-state index >= 15 is 0 Å². The zero-order valence-corrected chi connectivity index (χ0v) is 10.2. The van der Waals surface area contributed by atoms with Gasteiger partial charge in [0.1, 0.15) is 6.42 Å². The first-order valence-corrected chi connectivity index (χ1v) is 5.49. The predicted molar refractivity (Wildman–Crippen MR) is 69.3 cm³/mol. The molecule has 0 atom stereocenters. The van der Waals surface area contributed by atoms with Crippen molar-refractivity contribution >= 4 is 29.0 Å².